The van der Waals surface area contributed by atoms with Crippen LogP contribution in [0.5, 0.6) is 0 Å². The molecule has 0 aromatic heterocycles. The number of aliphatic hydroxyl groups is 10. The molecule has 11 N–H and O–H groups in total. The van der Waals surface area contributed by atoms with Gasteiger partial charge >= 0.3 is 11.9 Å². The van der Waals surface area contributed by atoms with Crippen LogP contribution in [0.15, 0.2) is 30.3 Å². The van der Waals surface area contributed by atoms with Crippen LogP contribution in [-0.4, -0.2) is 320 Å². The summed E-state index contributed by atoms with van der Waals surface area (Å²) in [4.78, 5) is 47.4. The normalized spacial score (nSPS) is 47.3. The quantitative estimate of drug-likeness (QED) is 0.106. The molecule has 0 radical (unpaired) electrons. The molecular weight excluding hydrogens is 1430 g/mol. The van der Waals surface area contributed by atoms with Gasteiger partial charge in [0, 0.05) is 82.7 Å². The summed E-state index contributed by atoms with van der Waals surface area (Å²) < 4.78 is 75.1. The molecule has 6 saturated heterocycles. The third-order valence-corrected chi connectivity index (χ3v) is 25.3. The Hall–Kier alpha value is -3.29. The molecule has 6 aliphatic rings. The standard InChI is InChI=1S/C44H74N2O13.C37H70N2O12/c1-14-32-44(10,53)36(48)28(6)45(11)23-24(2)21-42(8,52)38(59-41-34(47)31(20-25(3)55-41)46(12)39(50)30-18-16-15-17-19-30)26(4)35(27(5)40(51)57-32)58-33-22-43(9,54-13)37(49)29(7)56-33;1-14-26-37(10,45)30(41)23(6)39(12)18-19(2)16-35(8,44)32(51-34-28(40)25(38-11)15-20(3)47-34)21(4)29(22(5)33(43)49-26)50-27-17-36(9,46-13)31(42)24(7)48-27/h15-19,24-29,31-38,41,47-49,52-53H,14,20-23H2,1-13H3;19-32,34,38,40-42,44-45H,14-18H2,1-13H3/t24-,25-,26+,27-,28-,29+,31+,32-,33+,34-,35+,36-,37+,38-,41+,42-,43-,44-;19-,20-,21+,22-,23-,24+,25+,26-,27+,28-,29+,30-,31+,32-,34+,35-,36-,37-/m11/s1. The van der Waals surface area contributed by atoms with Crippen molar-refractivity contribution in [2.75, 3.05) is 55.5 Å². The van der Waals surface area contributed by atoms with E-state index in [9.17, 15) is 65.4 Å². The number of esters is 2. The van der Waals surface area contributed by atoms with Crippen LogP contribution in [0.3, 0.4) is 0 Å². The summed E-state index contributed by atoms with van der Waals surface area (Å²) in [5.41, 5.74) is -8.47. The van der Waals surface area contributed by atoms with E-state index in [0.29, 0.717) is 31.5 Å². The smallest absolute Gasteiger partial charge is 0.311 e. The first kappa shape index (κ1) is 95.6. The van der Waals surface area contributed by atoms with Crippen LogP contribution < -0.4 is 5.32 Å². The number of likely N-dealkylation sites (N-methyl/N-ethyl adjacent to an activating group) is 4. The summed E-state index contributed by atoms with van der Waals surface area (Å²) in [6.45, 7) is 35.7. The highest BCUT2D eigenvalue weighted by molar-refractivity contribution is 5.94. The van der Waals surface area contributed by atoms with E-state index in [1.807, 2.05) is 64.6 Å². The lowest BCUT2D eigenvalue weighted by atomic mass is 9.77. The van der Waals surface area contributed by atoms with E-state index in [-0.39, 0.29) is 68.4 Å². The van der Waals surface area contributed by atoms with Crippen LogP contribution in [0.4, 0.5) is 0 Å². The van der Waals surface area contributed by atoms with Gasteiger partial charge in [-0.05, 0) is 181 Å². The largest absolute Gasteiger partial charge is 0.459 e. The molecule has 1 amide bonds. The monoisotopic (exact) mass is 1570 g/mol. The number of hydrogen-bond donors (Lipinski definition) is 11. The zero-order valence-electron chi connectivity index (χ0n) is 70.7. The lowest BCUT2D eigenvalue weighted by Crippen LogP contribution is -2.61. The molecule has 0 spiro atoms. The first-order valence-electron chi connectivity index (χ1n) is 40.1. The molecule has 1 aromatic carbocycles. The van der Waals surface area contributed by atoms with Crippen molar-refractivity contribution >= 4 is 17.8 Å². The molecular formula is C81H144N4O25. The minimum absolute atomic E-state index is 0.0904. The number of aliphatic hydroxyl groups excluding tert-OH is 6. The predicted octanol–water partition coefficient (Wildman–Crippen LogP) is 4.67. The SMILES string of the molecule is CC[C@H]1OC(=O)[C@H](C)[C@@H](O[C@H]2C[C@@](C)(OC)[C@@H](O)[C@H](C)O2)[C@H](C)[C@@H](O[C@@H]2O[C@H](C)C[C@H](N(C)C(=O)c3ccccc3)[C@H]2O)[C@](C)(O)C[C@@H](C)CN(C)[C@H](C)[C@@H](O)[C@]1(C)O.CC[C@H]1OC(=O)[C@H](C)[C@@H](O[C@H]2C[C@@](C)(OC)[C@@H](O)[C@H](C)O2)[C@H](C)[C@@H](O[C@@H]2O[C@H](C)C[C@H](NC)[C@H]2O)[C@](C)(O)C[C@@H](C)CN(C)[C@H](C)[C@@H](O)[C@]1(C)O. The second kappa shape index (κ2) is 39.3. The van der Waals surface area contributed by atoms with Crippen LogP contribution in [0.2, 0.25) is 0 Å². The van der Waals surface area contributed by atoms with Gasteiger partial charge in [-0.15, -0.1) is 0 Å². The number of amides is 1. The van der Waals surface area contributed by atoms with Crippen LogP contribution in [-0.2, 0) is 66.4 Å². The fraction of sp³-hybridized carbons (Fsp3) is 0.889. The van der Waals surface area contributed by atoms with Crippen molar-refractivity contribution in [3.05, 3.63) is 35.9 Å². The van der Waals surface area contributed by atoms with Crippen molar-refractivity contribution in [3.63, 3.8) is 0 Å². The molecule has 0 unspecified atom stereocenters. The van der Waals surface area contributed by atoms with Crippen LogP contribution in [0.1, 0.15) is 200 Å². The van der Waals surface area contributed by atoms with Gasteiger partial charge in [-0.3, -0.25) is 14.4 Å². The van der Waals surface area contributed by atoms with Crippen molar-refractivity contribution in [1.82, 2.24) is 20.0 Å². The fourth-order valence-corrected chi connectivity index (χ4v) is 18.1. The molecule has 6 fully saturated rings. The molecule has 0 aliphatic carbocycles. The number of ether oxygens (including phenoxy) is 12. The Bertz CT molecular complexity index is 3010. The van der Waals surface area contributed by atoms with Gasteiger partial charge in [-0.1, -0.05) is 59.7 Å². The topological polar surface area (TPSA) is 386 Å². The third kappa shape index (κ3) is 22.3. The molecule has 7 rings (SSSR count). The minimum atomic E-state index is -1.84. The molecule has 29 nitrogen and oxygen atoms in total. The lowest BCUT2D eigenvalue weighted by Gasteiger charge is -2.49. The van der Waals surface area contributed by atoms with Crippen molar-refractivity contribution in [1.29, 1.82) is 0 Å². The Kier molecular flexibility index (Phi) is 34.1. The second-order valence-electron chi connectivity index (χ2n) is 35.0. The summed E-state index contributed by atoms with van der Waals surface area (Å²) in [7, 11) is 10.0. The highest BCUT2D eigenvalue weighted by atomic mass is 16.7. The summed E-state index contributed by atoms with van der Waals surface area (Å²) in [5, 5.41) is 120. The van der Waals surface area contributed by atoms with E-state index in [4.69, 9.17) is 56.8 Å². The van der Waals surface area contributed by atoms with Crippen LogP contribution >= 0.6 is 0 Å². The number of nitrogens with one attached hydrogen (secondary N) is 1. The number of methoxy groups -OCH3 is 2. The summed E-state index contributed by atoms with van der Waals surface area (Å²) in [5.74, 6) is -5.73. The van der Waals surface area contributed by atoms with Gasteiger partial charge in [0.2, 0.25) is 0 Å². The van der Waals surface area contributed by atoms with Gasteiger partial charge in [-0.25, -0.2) is 0 Å². The molecule has 6 heterocycles. The molecule has 0 saturated carbocycles. The minimum Gasteiger partial charge on any atom is -0.459 e. The van der Waals surface area contributed by atoms with E-state index in [2.05, 4.69) is 5.32 Å². The zero-order valence-corrected chi connectivity index (χ0v) is 70.7. The Balaban J connectivity index is 0.000000347. The number of rotatable bonds is 15. The second-order valence-corrected chi connectivity index (χ2v) is 35.0. The Labute approximate surface area is 654 Å². The van der Waals surface area contributed by atoms with E-state index < -0.39 is 204 Å². The number of benzene rings is 1. The van der Waals surface area contributed by atoms with Gasteiger partial charge in [-0.2, -0.15) is 0 Å². The molecule has 1 aromatic rings. The van der Waals surface area contributed by atoms with Gasteiger partial charge in [0.1, 0.15) is 60.0 Å². The van der Waals surface area contributed by atoms with E-state index in [1.54, 1.807) is 128 Å². The Morgan fingerprint density at radius 1 is 0.545 bits per heavy atom. The number of carbonyl (C=O) groups is 3. The van der Waals surface area contributed by atoms with E-state index >= 15 is 0 Å². The van der Waals surface area contributed by atoms with Crippen molar-refractivity contribution in [2.24, 2.45) is 35.5 Å². The third-order valence-electron chi connectivity index (χ3n) is 25.3. The maximum absolute atomic E-state index is 14.3. The average Bonchev–Trinajstić information content (AvgIpc) is 1.05. The van der Waals surface area contributed by atoms with E-state index in [1.165, 1.54) is 33.0 Å². The summed E-state index contributed by atoms with van der Waals surface area (Å²) in [6.07, 6.45) is -18.0. The lowest BCUT2D eigenvalue weighted by molar-refractivity contribution is -0.317. The molecule has 638 valence electrons. The Morgan fingerprint density at radius 2 is 0.918 bits per heavy atom. The predicted molar refractivity (Wildman–Crippen MR) is 409 cm³/mol. The fourth-order valence-electron chi connectivity index (χ4n) is 18.1. The highest BCUT2D eigenvalue weighted by Crippen LogP contribution is 2.44. The molecule has 110 heavy (non-hydrogen) atoms. The maximum Gasteiger partial charge on any atom is 0.311 e. The van der Waals surface area contributed by atoms with Crippen LogP contribution in [0.25, 0.3) is 0 Å². The molecule has 36 atom stereocenters. The number of carbonyl (C=O) groups excluding carboxylic acids is 3. The number of hydrogen-bond acceptors (Lipinski definition) is 28. The highest BCUT2D eigenvalue weighted by Gasteiger charge is 2.57. The van der Waals surface area contributed by atoms with Gasteiger partial charge in [0.05, 0.1) is 89.1 Å². The zero-order chi connectivity index (χ0) is 83.2. The summed E-state index contributed by atoms with van der Waals surface area (Å²) in [6, 6.07) is 6.63. The van der Waals surface area contributed by atoms with Gasteiger partial charge < -0.3 is 128 Å². The van der Waals surface area contributed by atoms with Crippen molar-refractivity contribution in [2.45, 2.75) is 370 Å². The van der Waals surface area contributed by atoms with Crippen molar-refractivity contribution in [3.8, 4) is 0 Å². The first-order chi connectivity index (χ1) is 50.9. The number of cyclic esters (lactones) is 2. The summed E-state index contributed by atoms with van der Waals surface area (Å²) >= 11 is 0. The number of nitrogens with zero attached hydrogens (tertiary/aromatic N) is 3. The maximum atomic E-state index is 14.3. The van der Waals surface area contributed by atoms with Crippen molar-refractivity contribution < 1.29 is 122 Å². The first-order valence-corrected chi connectivity index (χ1v) is 40.1. The molecule has 6 aliphatic heterocycles. The van der Waals surface area contributed by atoms with E-state index in [0.717, 1.165) is 0 Å². The average molecular weight is 1570 g/mol. The molecule has 29 heteroatoms. The van der Waals surface area contributed by atoms with Gasteiger partial charge in [0.25, 0.3) is 5.91 Å². The Morgan fingerprint density at radius 3 is 1.28 bits per heavy atom. The van der Waals surface area contributed by atoms with Crippen LogP contribution in [0, 0.1) is 35.5 Å². The molecule has 0 bridgehead atoms. The van der Waals surface area contributed by atoms with Gasteiger partial charge in [0.15, 0.2) is 25.2 Å².